The summed E-state index contributed by atoms with van der Waals surface area (Å²) in [5, 5.41) is 0.246. The first-order valence-corrected chi connectivity index (χ1v) is 6.35. The fourth-order valence-corrected chi connectivity index (χ4v) is 2.42. The van der Waals surface area contributed by atoms with Gasteiger partial charge in [-0.15, -0.1) is 0 Å². The molecule has 0 spiro atoms. The zero-order valence-corrected chi connectivity index (χ0v) is 11.1. The Bertz CT molecular complexity index is 568. The standard InChI is InChI=1S/C11H15ClN6/c1-7-5-18(4-3-17(7)2)10-8-9(14-6-13-8)15-11(12)16-10/h6-7H,3-5H2,1-2H3,(H,13,14,15,16). The van der Waals surface area contributed by atoms with Gasteiger partial charge in [-0.1, -0.05) is 0 Å². The van der Waals surface area contributed by atoms with Crippen molar-refractivity contribution in [3.8, 4) is 0 Å². The van der Waals surface area contributed by atoms with E-state index in [1.165, 1.54) is 0 Å². The van der Waals surface area contributed by atoms with Crippen molar-refractivity contribution in [3.05, 3.63) is 11.6 Å². The third-order valence-corrected chi connectivity index (χ3v) is 3.67. The first-order valence-electron chi connectivity index (χ1n) is 5.97. The van der Waals surface area contributed by atoms with Gasteiger partial charge in [0.25, 0.3) is 0 Å². The highest BCUT2D eigenvalue weighted by Crippen LogP contribution is 2.24. The molecular weight excluding hydrogens is 252 g/mol. The lowest BCUT2D eigenvalue weighted by Gasteiger charge is -2.38. The molecule has 1 atom stereocenters. The second kappa shape index (κ2) is 4.37. The van der Waals surface area contributed by atoms with E-state index in [4.69, 9.17) is 11.6 Å². The molecule has 18 heavy (non-hydrogen) atoms. The monoisotopic (exact) mass is 266 g/mol. The lowest BCUT2D eigenvalue weighted by molar-refractivity contribution is 0.233. The number of halogens is 1. The van der Waals surface area contributed by atoms with E-state index in [0.29, 0.717) is 11.7 Å². The van der Waals surface area contributed by atoms with E-state index in [9.17, 15) is 0 Å². The zero-order chi connectivity index (χ0) is 12.7. The van der Waals surface area contributed by atoms with Gasteiger partial charge in [0.2, 0.25) is 5.28 Å². The highest BCUT2D eigenvalue weighted by molar-refractivity contribution is 6.28. The van der Waals surface area contributed by atoms with Crippen molar-refractivity contribution in [3.63, 3.8) is 0 Å². The van der Waals surface area contributed by atoms with Crippen molar-refractivity contribution < 1.29 is 0 Å². The van der Waals surface area contributed by atoms with E-state index in [-0.39, 0.29) is 5.28 Å². The minimum Gasteiger partial charge on any atom is -0.352 e. The predicted molar refractivity (Wildman–Crippen MR) is 71.0 cm³/mol. The Labute approximate surface area is 110 Å². The van der Waals surface area contributed by atoms with Crippen molar-refractivity contribution in [1.82, 2.24) is 24.8 Å². The van der Waals surface area contributed by atoms with Gasteiger partial charge in [-0.25, -0.2) is 4.98 Å². The first kappa shape index (κ1) is 11.7. The summed E-state index contributed by atoms with van der Waals surface area (Å²) in [6.07, 6.45) is 1.62. The number of H-pyrrole nitrogens is 1. The maximum absolute atomic E-state index is 5.95. The van der Waals surface area contributed by atoms with E-state index in [1.807, 2.05) is 0 Å². The van der Waals surface area contributed by atoms with Gasteiger partial charge in [0, 0.05) is 25.7 Å². The second-order valence-electron chi connectivity index (χ2n) is 4.69. The number of hydrogen-bond donors (Lipinski definition) is 1. The zero-order valence-electron chi connectivity index (χ0n) is 10.4. The smallest absolute Gasteiger partial charge is 0.226 e. The Morgan fingerprint density at radius 3 is 3.00 bits per heavy atom. The molecule has 0 radical (unpaired) electrons. The number of hydrogen-bond acceptors (Lipinski definition) is 5. The summed E-state index contributed by atoms with van der Waals surface area (Å²) in [6, 6.07) is 0.491. The van der Waals surface area contributed by atoms with Crippen molar-refractivity contribution in [1.29, 1.82) is 0 Å². The average Bonchev–Trinajstić information content (AvgIpc) is 2.79. The molecule has 0 amide bonds. The molecule has 2 aromatic heterocycles. The summed E-state index contributed by atoms with van der Waals surface area (Å²) in [5.74, 6) is 0.849. The van der Waals surface area contributed by atoms with Crippen LogP contribution in [0.4, 0.5) is 5.82 Å². The number of aromatic amines is 1. The molecule has 6 nitrogen and oxygen atoms in total. The molecular formula is C11H15ClN6. The lowest BCUT2D eigenvalue weighted by atomic mass is 10.2. The number of likely N-dealkylation sites (N-methyl/N-ethyl adjacent to an activating group) is 1. The Morgan fingerprint density at radius 1 is 1.39 bits per heavy atom. The topological polar surface area (TPSA) is 60.9 Å². The van der Waals surface area contributed by atoms with Gasteiger partial charge in [-0.05, 0) is 25.6 Å². The third-order valence-electron chi connectivity index (χ3n) is 3.50. The van der Waals surface area contributed by atoms with Gasteiger partial charge >= 0.3 is 0 Å². The summed E-state index contributed by atoms with van der Waals surface area (Å²) in [7, 11) is 2.14. The van der Waals surface area contributed by atoms with Crippen LogP contribution in [0.25, 0.3) is 11.2 Å². The van der Waals surface area contributed by atoms with Crippen molar-refractivity contribution in [2.45, 2.75) is 13.0 Å². The predicted octanol–water partition coefficient (Wildman–Crippen LogP) is 1.15. The fourth-order valence-electron chi connectivity index (χ4n) is 2.26. The number of fused-ring (bicyclic) bond motifs is 1. The van der Waals surface area contributed by atoms with Crippen molar-refractivity contribution in [2.24, 2.45) is 0 Å². The molecule has 0 aliphatic carbocycles. The SMILES string of the molecule is CC1CN(c2nc(Cl)nc3nc[nH]c23)CCN1C. The van der Waals surface area contributed by atoms with Gasteiger partial charge in [0.05, 0.1) is 6.33 Å². The van der Waals surface area contributed by atoms with Crippen LogP contribution in [-0.4, -0.2) is 57.6 Å². The van der Waals surface area contributed by atoms with E-state index in [1.54, 1.807) is 6.33 Å². The second-order valence-corrected chi connectivity index (χ2v) is 5.03. The number of nitrogens with one attached hydrogen (secondary N) is 1. The molecule has 2 aromatic rings. The van der Waals surface area contributed by atoms with E-state index in [0.717, 1.165) is 31.0 Å². The normalized spacial score (nSPS) is 21.7. The number of rotatable bonds is 1. The molecule has 96 valence electrons. The number of piperazine rings is 1. The molecule has 1 unspecified atom stereocenters. The Balaban J connectivity index is 2.01. The largest absolute Gasteiger partial charge is 0.352 e. The van der Waals surface area contributed by atoms with Crippen LogP contribution >= 0.6 is 11.6 Å². The summed E-state index contributed by atoms with van der Waals surface area (Å²) < 4.78 is 0. The summed E-state index contributed by atoms with van der Waals surface area (Å²) >= 11 is 5.95. The van der Waals surface area contributed by atoms with Crippen LogP contribution in [-0.2, 0) is 0 Å². The Kier molecular flexibility index (Phi) is 2.83. The molecule has 1 fully saturated rings. The quantitative estimate of drug-likeness (QED) is 0.785. The van der Waals surface area contributed by atoms with Crippen LogP contribution in [0.5, 0.6) is 0 Å². The van der Waals surface area contributed by atoms with Gasteiger partial charge in [-0.3, -0.25) is 0 Å². The highest BCUT2D eigenvalue weighted by Gasteiger charge is 2.24. The number of nitrogens with zero attached hydrogens (tertiary/aromatic N) is 5. The lowest BCUT2D eigenvalue weighted by Crippen LogP contribution is -2.50. The maximum Gasteiger partial charge on any atom is 0.226 e. The van der Waals surface area contributed by atoms with Gasteiger partial charge in [0.1, 0.15) is 5.52 Å². The molecule has 3 rings (SSSR count). The van der Waals surface area contributed by atoms with Gasteiger partial charge in [0.15, 0.2) is 11.5 Å². The highest BCUT2D eigenvalue weighted by atomic mass is 35.5. The fraction of sp³-hybridized carbons (Fsp3) is 0.545. The molecule has 1 aliphatic rings. The number of anilines is 1. The summed E-state index contributed by atoms with van der Waals surface area (Å²) in [5.41, 5.74) is 1.48. The molecule has 0 saturated carbocycles. The number of aromatic nitrogens is 4. The third kappa shape index (κ3) is 1.91. The summed E-state index contributed by atoms with van der Waals surface area (Å²) in [6.45, 7) is 5.08. The molecule has 3 heterocycles. The van der Waals surface area contributed by atoms with Crippen LogP contribution in [0.3, 0.4) is 0 Å². The first-order chi connectivity index (χ1) is 8.65. The molecule has 1 N–H and O–H groups in total. The average molecular weight is 267 g/mol. The minimum absolute atomic E-state index is 0.246. The van der Waals surface area contributed by atoms with E-state index in [2.05, 4.69) is 43.7 Å². The molecule has 1 saturated heterocycles. The van der Waals surface area contributed by atoms with Gasteiger partial charge in [-0.2, -0.15) is 9.97 Å². The maximum atomic E-state index is 5.95. The van der Waals surface area contributed by atoms with E-state index >= 15 is 0 Å². The molecule has 1 aliphatic heterocycles. The minimum atomic E-state index is 0.246. The van der Waals surface area contributed by atoms with Crippen molar-refractivity contribution >= 4 is 28.6 Å². The van der Waals surface area contributed by atoms with Crippen molar-refractivity contribution in [2.75, 3.05) is 31.6 Å². The molecule has 0 aromatic carbocycles. The van der Waals surface area contributed by atoms with Gasteiger partial charge < -0.3 is 14.8 Å². The summed E-state index contributed by atoms with van der Waals surface area (Å²) in [4.78, 5) is 20.2. The Morgan fingerprint density at radius 2 is 2.22 bits per heavy atom. The molecule has 0 bridgehead atoms. The number of imidazole rings is 1. The van der Waals surface area contributed by atoms with Crippen LogP contribution in [0.15, 0.2) is 6.33 Å². The van der Waals surface area contributed by atoms with E-state index < -0.39 is 0 Å². The van der Waals surface area contributed by atoms with Crippen LogP contribution in [0.2, 0.25) is 5.28 Å². The van der Waals surface area contributed by atoms with Crippen LogP contribution < -0.4 is 4.90 Å². The van der Waals surface area contributed by atoms with Crippen LogP contribution in [0.1, 0.15) is 6.92 Å². The Hall–Kier alpha value is -1.40. The molecule has 7 heteroatoms. The van der Waals surface area contributed by atoms with Crippen LogP contribution in [0, 0.1) is 0 Å².